The molecule has 178 valence electrons. The number of piperidine rings is 1. The Morgan fingerprint density at radius 2 is 1.97 bits per heavy atom. The number of nitrogens with one attached hydrogen (secondary N) is 1. The number of aromatic nitrogens is 3. The van der Waals surface area contributed by atoms with Gasteiger partial charge in [-0.05, 0) is 49.6 Å². The quantitative estimate of drug-likeness (QED) is 0.351. The second kappa shape index (κ2) is 9.46. The highest BCUT2D eigenvalue weighted by molar-refractivity contribution is 5.98. The Hall–Kier alpha value is -4.40. The van der Waals surface area contributed by atoms with Crippen LogP contribution in [0.3, 0.4) is 0 Å². The van der Waals surface area contributed by atoms with Gasteiger partial charge in [-0.25, -0.2) is 19.7 Å². The number of anilines is 2. The van der Waals surface area contributed by atoms with Gasteiger partial charge < -0.3 is 25.8 Å². The van der Waals surface area contributed by atoms with Crippen LogP contribution in [0.5, 0.6) is 11.6 Å². The van der Waals surface area contributed by atoms with Gasteiger partial charge in [-0.3, -0.25) is 0 Å². The largest absolute Gasteiger partial charge is 0.465 e. The zero-order valence-corrected chi connectivity index (χ0v) is 19.3. The zero-order chi connectivity index (χ0) is 24.4. The lowest BCUT2D eigenvalue weighted by molar-refractivity contribution is 0.132. The minimum absolute atomic E-state index is 0.0523. The third-order valence-corrected chi connectivity index (χ3v) is 6.14. The van der Waals surface area contributed by atoms with Crippen LogP contribution >= 0.6 is 0 Å². The third-order valence-electron chi connectivity index (χ3n) is 6.14. The molecule has 2 aromatic carbocycles. The molecule has 0 bridgehead atoms. The van der Waals surface area contributed by atoms with E-state index < -0.39 is 6.09 Å². The number of nitrogens with zero attached hydrogens (tertiary/aromatic N) is 4. The lowest BCUT2D eigenvalue weighted by Crippen LogP contribution is -2.44. The van der Waals surface area contributed by atoms with Crippen molar-refractivity contribution in [1.29, 1.82) is 0 Å². The van der Waals surface area contributed by atoms with E-state index in [1.807, 2.05) is 49.4 Å². The molecule has 1 atom stereocenters. The van der Waals surface area contributed by atoms with Gasteiger partial charge in [0.2, 0.25) is 11.8 Å². The Labute approximate surface area is 202 Å². The summed E-state index contributed by atoms with van der Waals surface area (Å²) in [6, 6.07) is 15.2. The number of hydrogen-bond acceptors (Lipinski definition) is 7. The SMILES string of the molecule is Cc1cc(N)c2ccccc2c1Oc1ncccc1-c1ccnc(N[C@H]2CCCN(C(=O)O)C2)n1. The van der Waals surface area contributed by atoms with Crippen LogP contribution in [-0.4, -0.2) is 50.2 Å². The molecule has 1 fully saturated rings. The minimum Gasteiger partial charge on any atom is -0.465 e. The molecule has 2 aromatic heterocycles. The smallest absolute Gasteiger partial charge is 0.407 e. The Morgan fingerprint density at radius 1 is 1.14 bits per heavy atom. The van der Waals surface area contributed by atoms with Crippen LogP contribution in [0.25, 0.3) is 22.0 Å². The van der Waals surface area contributed by atoms with Crippen molar-refractivity contribution in [1.82, 2.24) is 19.9 Å². The molecule has 0 unspecified atom stereocenters. The predicted molar refractivity (Wildman–Crippen MR) is 135 cm³/mol. The molecule has 3 heterocycles. The molecule has 35 heavy (non-hydrogen) atoms. The standard InChI is InChI=1S/C26H26N6O3/c1-16-14-21(27)18-7-2-3-8-19(18)23(16)35-24-20(9-4-11-28-24)22-10-12-29-25(31-22)30-17-6-5-13-32(15-17)26(33)34/h2-4,7-12,14,17H,5-6,13,15,27H2,1H3,(H,33,34)(H,29,30,31)/t17-/m0/s1. The fraction of sp³-hybridized carbons (Fsp3) is 0.231. The predicted octanol–water partition coefficient (Wildman–Crippen LogP) is 4.93. The summed E-state index contributed by atoms with van der Waals surface area (Å²) in [6.45, 7) is 2.90. The third kappa shape index (κ3) is 4.65. The molecule has 9 nitrogen and oxygen atoms in total. The van der Waals surface area contributed by atoms with E-state index in [-0.39, 0.29) is 6.04 Å². The number of carboxylic acid groups (broad SMARTS) is 1. The van der Waals surface area contributed by atoms with E-state index in [1.165, 1.54) is 4.90 Å². The topological polar surface area (TPSA) is 126 Å². The monoisotopic (exact) mass is 470 g/mol. The second-order valence-electron chi connectivity index (χ2n) is 8.59. The Bertz CT molecular complexity index is 1390. The number of amides is 1. The number of rotatable bonds is 5. The maximum Gasteiger partial charge on any atom is 0.407 e. The van der Waals surface area contributed by atoms with Gasteiger partial charge in [0, 0.05) is 48.0 Å². The van der Waals surface area contributed by atoms with Crippen LogP contribution in [0.2, 0.25) is 0 Å². The summed E-state index contributed by atoms with van der Waals surface area (Å²) < 4.78 is 6.37. The first-order chi connectivity index (χ1) is 17.0. The average Bonchev–Trinajstić information content (AvgIpc) is 2.87. The van der Waals surface area contributed by atoms with Gasteiger partial charge in [0.1, 0.15) is 5.75 Å². The normalized spacial score (nSPS) is 15.7. The van der Waals surface area contributed by atoms with Gasteiger partial charge in [-0.1, -0.05) is 24.3 Å². The van der Waals surface area contributed by atoms with E-state index in [4.69, 9.17) is 10.5 Å². The highest BCUT2D eigenvalue weighted by Gasteiger charge is 2.24. The molecule has 1 saturated heterocycles. The summed E-state index contributed by atoms with van der Waals surface area (Å²) >= 11 is 0. The average molecular weight is 471 g/mol. The number of aryl methyl sites for hydroxylation is 1. The fourth-order valence-corrected chi connectivity index (χ4v) is 4.45. The Morgan fingerprint density at radius 3 is 2.80 bits per heavy atom. The number of nitrogen functional groups attached to an aromatic ring is 1. The first-order valence-electron chi connectivity index (χ1n) is 11.5. The lowest BCUT2D eigenvalue weighted by Gasteiger charge is -2.31. The van der Waals surface area contributed by atoms with Crippen molar-refractivity contribution in [2.24, 2.45) is 0 Å². The number of hydrogen-bond donors (Lipinski definition) is 3. The van der Waals surface area contributed by atoms with Crippen LogP contribution in [0, 0.1) is 6.92 Å². The number of likely N-dealkylation sites (tertiary alicyclic amines) is 1. The van der Waals surface area contributed by atoms with Gasteiger partial charge in [-0.15, -0.1) is 0 Å². The van der Waals surface area contributed by atoms with E-state index in [1.54, 1.807) is 18.5 Å². The van der Waals surface area contributed by atoms with Crippen LogP contribution in [0.1, 0.15) is 18.4 Å². The molecule has 0 saturated carbocycles. The van der Waals surface area contributed by atoms with E-state index in [9.17, 15) is 9.90 Å². The van der Waals surface area contributed by atoms with Gasteiger partial charge >= 0.3 is 6.09 Å². The molecular weight excluding hydrogens is 444 g/mol. The van der Waals surface area contributed by atoms with E-state index in [0.29, 0.717) is 47.6 Å². The zero-order valence-electron chi connectivity index (χ0n) is 19.3. The fourth-order valence-electron chi connectivity index (χ4n) is 4.45. The molecule has 1 aliphatic heterocycles. The van der Waals surface area contributed by atoms with Gasteiger partial charge in [0.25, 0.3) is 0 Å². The second-order valence-corrected chi connectivity index (χ2v) is 8.59. The molecular formula is C26H26N6O3. The molecule has 0 spiro atoms. The van der Waals surface area contributed by atoms with Crippen LogP contribution in [0.4, 0.5) is 16.4 Å². The first kappa shape index (κ1) is 22.4. The summed E-state index contributed by atoms with van der Waals surface area (Å²) in [5.74, 6) is 1.55. The summed E-state index contributed by atoms with van der Waals surface area (Å²) in [4.78, 5) is 26.3. The van der Waals surface area contributed by atoms with Crippen LogP contribution < -0.4 is 15.8 Å². The lowest BCUT2D eigenvalue weighted by atomic mass is 10.0. The van der Waals surface area contributed by atoms with Crippen molar-refractivity contribution >= 4 is 28.5 Å². The van der Waals surface area contributed by atoms with Crippen molar-refractivity contribution in [3.63, 3.8) is 0 Å². The number of pyridine rings is 1. The number of nitrogens with two attached hydrogens (primary N) is 1. The highest BCUT2D eigenvalue weighted by atomic mass is 16.5. The van der Waals surface area contributed by atoms with Gasteiger partial charge in [0.15, 0.2) is 0 Å². The van der Waals surface area contributed by atoms with Crippen molar-refractivity contribution in [2.45, 2.75) is 25.8 Å². The molecule has 4 N–H and O–H groups in total. The summed E-state index contributed by atoms with van der Waals surface area (Å²) in [5, 5.41) is 14.4. The molecule has 9 heteroatoms. The molecule has 1 aliphatic rings. The minimum atomic E-state index is -0.909. The number of ether oxygens (including phenoxy) is 1. The summed E-state index contributed by atoms with van der Waals surface area (Å²) in [6.07, 6.45) is 4.08. The molecule has 1 amide bonds. The van der Waals surface area contributed by atoms with Crippen molar-refractivity contribution < 1.29 is 14.6 Å². The van der Waals surface area contributed by atoms with Gasteiger partial charge in [-0.2, -0.15) is 0 Å². The van der Waals surface area contributed by atoms with Crippen LogP contribution in [0.15, 0.2) is 60.9 Å². The van der Waals surface area contributed by atoms with E-state index in [2.05, 4.69) is 20.3 Å². The molecule has 4 aromatic rings. The van der Waals surface area contributed by atoms with E-state index in [0.717, 1.165) is 29.2 Å². The summed E-state index contributed by atoms with van der Waals surface area (Å²) in [7, 11) is 0. The maximum absolute atomic E-state index is 11.3. The maximum atomic E-state index is 11.3. The van der Waals surface area contributed by atoms with Crippen LogP contribution in [-0.2, 0) is 0 Å². The number of carbonyl (C=O) groups is 1. The molecule has 0 radical (unpaired) electrons. The Balaban J connectivity index is 1.45. The molecule has 5 rings (SSSR count). The van der Waals surface area contributed by atoms with Crippen molar-refractivity contribution in [3.05, 3.63) is 66.5 Å². The number of benzene rings is 2. The van der Waals surface area contributed by atoms with Gasteiger partial charge in [0.05, 0.1) is 11.3 Å². The molecule has 0 aliphatic carbocycles. The summed E-state index contributed by atoms with van der Waals surface area (Å²) in [5.41, 5.74) is 9.19. The van der Waals surface area contributed by atoms with Crippen molar-refractivity contribution in [3.8, 4) is 22.9 Å². The highest BCUT2D eigenvalue weighted by Crippen LogP contribution is 2.38. The first-order valence-corrected chi connectivity index (χ1v) is 11.5. The van der Waals surface area contributed by atoms with Crippen molar-refractivity contribution in [2.75, 3.05) is 24.1 Å². The Kier molecular flexibility index (Phi) is 6.05. The van der Waals surface area contributed by atoms with E-state index >= 15 is 0 Å². The number of fused-ring (bicyclic) bond motifs is 1.